The Hall–Kier alpha value is -2.40. The Bertz CT molecular complexity index is 699. The Morgan fingerprint density at radius 1 is 1.09 bits per heavy atom. The lowest BCUT2D eigenvalue weighted by Gasteiger charge is -2.10. The summed E-state index contributed by atoms with van der Waals surface area (Å²) in [7, 11) is 0. The average Bonchev–Trinajstić information content (AvgIpc) is 2.49. The van der Waals surface area contributed by atoms with E-state index < -0.39 is 17.6 Å². The van der Waals surface area contributed by atoms with Gasteiger partial charge >= 0.3 is 0 Å². The molecule has 0 radical (unpaired) electrons. The molecule has 4 nitrogen and oxygen atoms in total. The zero-order chi connectivity index (χ0) is 16.1. The van der Waals surface area contributed by atoms with Gasteiger partial charge in [0.15, 0.2) is 0 Å². The largest absolute Gasteiger partial charge is 0.273 e. The monoisotopic (exact) mass is 320 g/mol. The van der Waals surface area contributed by atoms with Crippen molar-refractivity contribution < 1.29 is 14.0 Å². The van der Waals surface area contributed by atoms with Gasteiger partial charge in [-0.2, -0.15) is 0 Å². The first-order valence-corrected chi connectivity index (χ1v) is 6.94. The van der Waals surface area contributed by atoms with Gasteiger partial charge in [0.2, 0.25) is 5.91 Å². The van der Waals surface area contributed by atoms with E-state index in [1.54, 1.807) is 25.1 Å². The fraction of sp³-hybridized carbons (Fsp3) is 0.125. The number of amides is 2. The molecule has 2 rings (SSSR count). The molecule has 2 N–H and O–H groups in total. The first-order chi connectivity index (χ1) is 10.5. The van der Waals surface area contributed by atoms with Crippen LogP contribution in [0.5, 0.6) is 0 Å². The van der Waals surface area contributed by atoms with E-state index in [0.29, 0.717) is 5.56 Å². The van der Waals surface area contributed by atoms with Gasteiger partial charge in [0.1, 0.15) is 5.82 Å². The van der Waals surface area contributed by atoms with Crippen LogP contribution >= 0.6 is 11.6 Å². The molecule has 22 heavy (non-hydrogen) atoms. The minimum absolute atomic E-state index is 0.0896. The predicted octanol–water partition coefficient (Wildman–Crippen LogP) is 2.79. The molecule has 0 aliphatic carbocycles. The lowest BCUT2D eigenvalue weighted by molar-refractivity contribution is -0.121. The summed E-state index contributed by atoms with van der Waals surface area (Å²) < 4.78 is 13.6. The van der Waals surface area contributed by atoms with Crippen LogP contribution in [-0.4, -0.2) is 11.8 Å². The quantitative estimate of drug-likeness (QED) is 0.854. The molecule has 0 heterocycles. The third-order valence-electron chi connectivity index (χ3n) is 3.10. The lowest BCUT2D eigenvalue weighted by Crippen LogP contribution is -2.42. The number of carbonyl (C=O) groups is 2. The van der Waals surface area contributed by atoms with Crippen molar-refractivity contribution in [1.82, 2.24) is 10.9 Å². The van der Waals surface area contributed by atoms with E-state index in [2.05, 4.69) is 10.9 Å². The van der Waals surface area contributed by atoms with E-state index in [9.17, 15) is 14.0 Å². The number of aryl methyl sites for hydroxylation is 1. The summed E-state index contributed by atoms with van der Waals surface area (Å²) in [6.45, 7) is 1.79. The highest BCUT2D eigenvalue weighted by atomic mass is 35.5. The number of hydrogen-bond acceptors (Lipinski definition) is 2. The van der Waals surface area contributed by atoms with Crippen molar-refractivity contribution in [3.63, 3.8) is 0 Å². The van der Waals surface area contributed by atoms with Gasteiger partial charge in [0.05, 0.1) is 6.42 Å². The molecule has 0 bridgehead atoms. The molecule has 0 atom stereocenters. The third kappa shape index (κ3) is 3.83. The van der Waals surface area contributed by atoms with Crippen molar-refractivity contribution in [2.45, 2.75) is 13.3 Å². The topological polar surface area (TPSA) is 58.2 Å². The second-order valence-corrected chi connectivity index (χ2v) is 5.10. The van der Waals surface area contributed by atoms with Crippen molar-refractivity contribution in [2.75, 3.05) is 0 Å². The minimum Gasteiger partial charge on any atom is -0.273 e. The smallest absolute Gasteiger partial charge is 0.269 e. The maximum absolute atomic E-state index is 13.6. The summed E-state index contributed by atoms with van der Waals surface area (Å²) in [6.07, 6.45) is -0.264. The van der Waals surface area contributed by atoms with Gasteiger partial charge in [-0.05, 0) is 30.7 Å². The van der Waals surface area contributed by atoms with Crippen LogP contribution in [0.1, 0.15) is 21.5 Å². The Labute approximate surface area is 132 Å². The normalized spacial score (nSPS) is 10.1. The number of benzene rings is 2. The van der Waals surface area contributed by atoms with Crippen molar-refractivity contribution >= 4 is 23.4 Å². The molecule has 2 aromatic carbocycles. The van der Waals surface area contributed by atoms with Crippen LogP contribution in [0, 0.1) is 12.7 Å². The van der Waals surface area contributed by atoms with Gasteiger partial charge in [-0.1, -0.05) is 35.9 Å². The molecule has 0 saturated carbocycles. The first kappa shape index (κ1) is 16.0. The maximum Gasteiger partial charge on any atom is 0.269 e. The number of nitrogens with one attached hydrogen (secondary N) is 2. The van der Waals surface area contributed by atoms with Crippen LogP contribution in [-0.2, 0) is 11.2 Å². The van der Waals surface area contributed by atoms with E-state index >= 15 is 0 Å². The molecular formula is C16H14ClFN2O2. The molecule has 0 aromatic heterocycles. The molecule has 2 aromatic rings. The Morgan fingerprint density at radius 2 is 1.82 bits per heavy atom. The van der Waals surface area contributed by atoms with E-state index in [1.165, 1.54) is 18.2 Å². The van der Waals surface area contributed by atoms with E-state index in [-0.39, 0.29) is 17.0 Å². The van der Waals surface area contributed by atoms with Gasteiger partial charge in [0, 0.05) is 16.1 Å². The highest BCUT2D eigenvalue weighted by Crippen LogP contribution is 2.19. The molecule has 0 saturated heterocycles. The summed E-state index contributed by atoms with van der Waals surface area (Å²) >= 11 is 5.85. The van der Waals surface area contributed by atoms with Gasteiger partial charge in [-0.25, -0.2) is 4.39 Å². The van der Waals surface area contributed by atoms with Crippen molar-refractivity contribution in [1.29, 1.82) is 0 Å². The summed E-state index contributed by atoms with van der Waals surface area (Å²) in [4.78, 5) is 23.7. The summed E-state index contributed by atoms with van der Waals surface area (Å²) in [5, 5.41) is 0.167. The Kier molecular flexibility index (Phi) is 5.12. The molecule has 0 aliphatic rings. The highest BCUT2D eigenvalue weighted by Gasteiger charge is 2.13. The molecular weight excluding hydrogens is 307 g/mol. The number of carbonyl (C=O) groups excluding carboxylic acids is 2. The second kappa shape index (κ2) is 7.04. The zero-order valence-electron chi connectivity index (χ0n) is 11.8. The van der Waals surface area contributed by atoms with Crippen LogP contribution in [0.15, 0.2) is 42.5 Å². The maximum atomic E-state index is 13.6. The average molecular weight is 321 g/mol. The van der Waals surface area contributed by atoms with Crippen LogP contribution in [0.25, 0.3) is 0 Å². The van der Waals surface area contributed by atoms with Crippen LogP contribution < -0.4 is 10.9 Å². The van der Waals surface area contributed by atoms with Crippen LogP contribution in [0.4, 0.5) is 4.39 Å². The number of hydrazine groups is 1. The molecule has 2 amide bonds. The van der Waals surface area contributed by atoms with Gasteiger partial charge in [-0.3, -0.25) is 20.4 Å². The Morgan fingerprint density at radius 3 is 2.50 bits per heavy atom. The lowest BCUT2D eigenvalue weighted by atomic mass is 10.1. The van der Waals surface area contributed by atoms with Gasteiger partial charge in [-0.15, -0.1) is 0 Å². The van der Waals surface area contributed by atoms with Gasteiger partial charge in [0.25, 0.3) is 5.91 Å². The zero-order valence-corrected chi connectivity index (χ0v) is 12.6. The SMILES string of the molecule is Cc1ccccc1C(=O)NNC(=O)Cc1c(F)cccc1Cl. The molecule has 0 unspecified atom stereocenters. The molecule has 0 spiro atoms. The summed E-state index contributed by atoms with van der Waals surface area (Å²) in [5.41, 5.74) is 5.87. The highest BCUT2D eigenvalue weighted by molar-refractivity contribution is 6.31. The molecule has 0 fully saturated rings. The number of halogens is 2. The fourth-order valence-electron chi connectivity index (χ4n) is 1.93. The number of hydrogen-bond donors (Lipinski definition) is 2. The van der Waals surface area contributed by atoms with Crippen LogP contribution in [0.2, 0.25) is 5.02 Å². The molecule has 0 aliphatic heterocycles. The molecule has 6 heteroatoms. The minimum atomic E-state index is -0.562. The fourth-order valence-corrected chi connectivity index (χ4v) is 2.16. The van der Waals surface area contributed by atoms with E-state index in [0.717, 1.165) is 5.56 Å². The van der Waals surface area contributed by atoms with Gasteiger partial charge < -0.3 is 0 Å². The molecule has 114 valence electrons. The second-order valence-electron chi connectivity index (χ2n) is 4.69. The first-order valence-electron chi connectivity index (χ1n) is 6.56. The van der Waals surface area contributed by atoms with Crippen molar-refractivity contribution in [2.24, 2.45) is 0 Å². The Balaban J connectivity index is 1.96. The van der Waals surface area contributed by atoms with Crippen molar-refractivity contribution in [3.05, 3.63) is 70.0 Å². The summed E-state index contributed by atoms with van der Waals surface area (Å²) in [5.74, 6) is -1.56. The predicted molar refractivity (Wildman–Crippen MR) is 81.9 cm³/mol. The van der Waals surface area contributed by atoms with Crippen molar-refractivity contribution in [3.8, 4) is 0 Å². The third-order valence-corrected chi connectivity index (χ3v) is 3.46. The van der Waals surface area contributed by atoms with E-state index in [4.69, 9.17) is 11.6 Å². The number of rotatable bonds is 3. The van der Waals surface area contributed by atoms with Crippen LogP contribution in [0.3, 0.4) is 0 Å². The van der Waals surface area contributed by atoms with E-state index in [1.807, 2.05) is 6.07 Å². The summed E-state index contributed by atoms with van der Waals surface area (Å²) in [6, 6.07) is 11.1. The standard InChI is InChI=1S/C16H14ClFN2O2/c1-10-5-2-3-6-11(10)16(22)20-19-15(21)9-12-13(17)7-4-8-14(12)18/h2-8H,9H2,1H3,(H,19,21)(H,20,22).